The second-order valence-electron chi connectivity index (χ2n) is 6.70. The molecular formula is C21H17F3N2O3S. The Morgan fingerprint density at radius 3 is 2.83 bits per heavy atom. The van der Waals surface area contributed by atoms with Crippen molar-refractivity contribution in [3.8, 4) is 5.75 Å². The number of halogens is 3. The number of carbonyl (C=O) groups excluding carboxylic acids is 1. The second-order valence-corrected chi connectivity index (χ2v) is 7.73. The molecule has 0 saturated carbocycles. The third-order valence-corrected chi connectivity index (χ3v) is 5.65. The number of ether oxygens (including phenoxy) is 2. The first kappa shape index (κ1) is 20.2. The third-order valence-electron chi connectivity index (χ3n) is 4.77. The van der Waals surface area contributed by atoms with Crippen molar-refractivity contribution in [3.63, 3.8) is 0 Å². The number of aromatic nitrogens is 1. The summed E-state index contributed by atoms with van der Waals surface area (Å²) in [7, 11) is 1.35. The molecule has 1 unspecified atom stereocenters. The van der Waals surface area contributed by atoms with Gasteiger partial charge in [0.25, 0.3) is 5.91 Å². The molecule has 1 atom stereocenters. The molecule has 3 aromatic rings. The number of hydrogen-bond acceptors (Lipinski definition) is 5. The van der Waals surface area contributed by atoms with Crippen LogP contribution in [0.2, 0.25) is 0 Å². The molecule has 0 radical (unpaired) electrons. The van der Waals surface area contributed by atoms with Crippen LogP contribution in [0.5, 0.6) is 5.75 Å². The van der Waals surface area contributed by atoms with Crippen LogP contribution in [0.4, 0.5) is 13.2 Å². The summed E-state index contributed by atoms with van der Waals surface area (Å²) in [5, 5.41) is 4.74. The minimum absolute atomic E-state index is 0.141. The normalized spacial score (nSPS) is 15.9. The molecule has 9 heteroatoms. The average molecular weight is 434 g/mol. The highest BCUT2D eigenvalue weighted by molar-refractivity contribution is 7.09. The predicted octanol–water partition coefficient (Wildman–Crippen LogP) is 4.88. The number of methoxy groups -OCH3 is 1. The van der Waals surface area contributed by atoms with E-state index in [1.165, 1.54) is 30.8 Å². The monoisotopic (exact) mass is 434 g/mol. The average Bonchev–Trinajstić information content (AvgIpc) is 3.43. The molecule has 0 fully saturated rings. The van der Waals surface area contributed by atoms with Gasteiger partial charge in [0.15, 0.2) is 0 Å². The minimum atomic E-state index is -4.65. The Kier molecular flexibility index (Phi) is 5.38. The van der Waals surface area contributed by atoms with Crippen LogP contribution in [0.3, 0.4) is 0 Å². The lowest BCUT2D eigenvalue weighted by Crippen LogP contribution is -2.23. The fourth-order valence-electron chi connectivity index (χ4n) is 3.28. The summed E-state index contributed by atoms with van der Waals surface area (Å²) in [6, 6.07) is 7.72. The highest BCUT2D eigenvalue weighted by Gasteiger charge is 2.35. The van der Waals surface area contributed by atoms with Crippen LogP contribution in [0.15, 0.2) is 48.0 Å². The number of amides is 1. The van der Waals surface area contributed by atoms with Gasteiger partial charge in [-0.3, -0.25) is 4.79 Å². The number of hydrogen-bond donors (Lipinski definition) is 1. The van der Waals surface area contributed by atoms with E-state index in [0.717, 1.165) is 10.9 Å². The zero-order valence-corrected chi connectivity index (χ0v) is 16.6. The Balaban J connectivity index is 1.79. The first-order valence-electron chi connectivity index (χ1n) is 9.05. The van der Waals surface area contributed by atoms with Gasteiger partial charge in [-0.2, -0.15) is 13.2 Å². The second kappa shape index (κ2) is 7.98. The molecule has 3 heterocycles. The highest BCUT2D eigenvalue weighted by atomic mass is 32.1. The molecule has 30 heavy (non-hydrogen) atoms. The van der Waals surface area contributed by atoms with Crippen molar-refractivity contribution in [2.24, 2.45) is 0 Å². The van der Waals surface area contributed by atoms with E-state index in [9.17, 15) is 18.0 Å². The maximum Gasteiger partial charge on any atom is 0.418 e. The molecule has 156 valence electrons. The van der Waals surface area contributed by atoms with Crippen LogP contribution in [-0.2, 0) is 17.5 Å². The van der Waals surface area contributed by atoms with Crippen LogP contribution in [0, 0.1) is 0 Å². The first-order chi connectivity index (χ1) is 14.4. The molecule has 1 N–H and O–H groups in total. The summed E-state index contributed by atoms with van der Waals surface area (Å²) < 4.78 is 52.0. The maximum atomic E-state index is 13.9. The summed E-state index contributed by atoms with van der Waals surface area (Å²) >= 11 is 1.47. The predicted molar refractivity (Wildman–Crippen MR) is 107 cm³/mol. The van der Waals surface area contributed by atoms with Crippen LogP contribution in [0.1, 0.15) is 32.4 Å². The fraction of sp³-hybridized carbons (Fsp3) is 0.238. The maximum absolute atomic E-state index is 13.9. The van der Waals surface area contributed by atoms with Crippen molar-refractivity contribution in [1.29, 1.82) is 0 Å². The molecular weight excluding hydrogens is 417 g/mol. The topological polar surface area (TPSA) is 60.5 Å². The van der Waals surface area contributed by atoms with Crippen molar-refractivity contribution in [1.82, 2.24) is 10.3 Å². The van der Waals surface area contributed by atoms with E-state index in [0.29, 0.717) is 5.56 Å². The van der Waals surface area contributed by atoms with E-state index in [-0.39, 0.29) is 41.4 Å². The van der Waals surface area contributed by atoms with Crippen LogP contribution in [0.25, 0.3) is 10.9 Å². The van der Waals surface area contributed by atoms with E-state index in [1.54, 1.807) is 12.1 Å². The summed E-state index contributed by atoms with van der Waals surface area (Å²) in [5.41, 5.74) is -0.937. The van der Waals surface area contributed by atoms with Gasteiger partial charge in [0.05, 0.1) is 37.6 Å². The molecule has 0 spiro atoms. The summed E-state index contributed by atoms with van der Waals surface area (Å²) in [6.07, 6.45) is -1.48. The summed E-state index contributed by atoms with van der Waals surface area (Å²) in [4.78, 5) is 17.5. The molecule has 1 amide bonds. The van der Waals surface area contributed by atoms with E-state index >= 15 is 0 Å². The van der Waals surface area contributed by atoms with Crippen LogP contribution < -0.4 is 10.1 Å². The number of fused-ring (bicyclic) bond motifs is 1. The Labute approximate surface area is 174 Å². The molecule has 4 rings (SSSR count). The fourth-order valence-corrected chi connectivity index (χ4v) is 3.92. The molecule has 5 nitrogen and oxygen atoms in total. The molecule has 1 aliphatic heterocycles. The van der Waals surface area contributed by atoms with Crippen molar-refractivity contribution in [3.05, 3.63) is 69.7 Å². The van der Waals surface area contributed by atoms with Gasteiger partial charge in [-0.15, -0.1) is 11.3 Å². The number of rotatable bonds is 5. The lowest BCUT2D eigenvalue weighted by molar-refractivity contribution is -0.136. The number of alkyl halides is 3. The molecule has 0 aliphatic carbocycles. The lowest BCUT2D eigenvalue weighted by Gasteiger charge is -2.17. The molecule has 0 bridgehead atoms. The standard InChI is InChI=1S/C21H17F3N2O3S/c1-28-18-9-17(20(27)25-10-14-3-2-6-30-14)26-19-15(18)7-13(12-4-5-29-11-12)8-16(19)21(22,23)24/h2-9,12H,10-11H2,1H3,(H,25,27). The van der Waals surface area contributed by atoms with Gasteiger partial charge in [0.1, 0.15) is 11.4 Å². The molecule has 1 aliphatic rings. The van der Waals surface area contributed by atoms with Gasteiger partial charge in [-0.25, -0.2) is 4.98 Å². The van der Waals surface area contributed by atoms with Gasteiger partial charge in [0.2, 0.25) is 0 Å². The number of benzene rings is 1. The van der Waals surface area contributed by atoms with Gasteiger partial charge in [0, 0.05) is 22.2 Å². The quantitative estimate of drug-likeness (QED) is 0.622. The zero-order valence-electron chi connectivity index (χ0n) is 15.8. The first-order valence-corrected chi connectivity index (χ1v) is 9.93. The third kappa shape index (κ3) is 3.97. The molecule has 1 aromatic carbocycles. The van der Waals surface area contributed by atoms with Crippen LogP contribution in [-0.4, -0.2) is 24.6 Å². The van der Waals surface area contributed by atoms with E-state index in [1.807, 2.05) is 17.5 Å². The summed E-state index contributed by atoms with van der Waals surface area (Å²) in [6.45, 7) is 0.527. The number of nitrogens with zero attached hydrogens (tertiary/aromatic N) is 1. The number of pyridine rings is 1. The van der Waals surface area contributed by atoms with Crippen molar-refractivity contribution in [2.45, 2.75) is 18.6 Å². The zero-order chi connectivity index (χ0) is 21.3. The Hall–Kier alpha value is -3.07. The smallest absolute Gasteiger partial charge is 0.418 e. The van der Waals surface area contributed by atoms with E-state index < -0.39 is 17.6 Å². The number of nitrogens with one attached hydrogen (secondary N) is 1. The van der Waals surface area contributed by atoms with Gasteiger partial charge in [-0.05, 0) is 35.2 Å². The highest BCUT2D eigenvalue weighted by Crippen LogP contribution is 2.40. The Morgan fingerprint density at radius 2 is 2.20 bits per heavy atom. The van der Waals surface area contributed by atoms with Crippen LogP contribution >= 0.6 is 11.3 Å². The van der Waals surface area contributed by atoms with Crippen molar-refractivity contribution < 1.29 is 27.4 Å². The van der Waals surface area contributed by atoms with Crippen molar-refractivity contribution in [2.75, 3.05) is 13.7 Å². The minimum Gasteiger partial charge on any atom is -0.501 e. The summed E-state index contributed by atoms with van der Waals surface area (Å²) in [5.74, 6) is -0.724. The largest absolute Gasteiger partial charge is 0.501 e. The van der Waals surface area contributed by atoms with Gasteiger partial charge >= 0.3 is 6.18 Å². The Morgan fingerprint density at radius 1 is 1.37 bits per heavy atom. The SMILES string of the molecule is COc1cc(C(=O)NCc2cccs2)nc2c(C(F)(F)F)cc(C3C=COC3)cc12. The number of thiophene rings is 1. The molecule has 2 aromatic heterocycles. The number of carbonyl (C=O) groups is 1. The van der Waals surface area contributed by atoms with Gasteiger partial charge in [-0.1, -0.05) is 6.07 Å². The molecule has 0 saturated heterocycles. The Bertz CT molecular complexity index is 1110. The van der Waals surface area contributed by atoms with E-state index in [4.69, 9.17) is 9.47 Å². The van der Waals surface area contributed by atoms with Crippen molar-refractivity contribution >= 4 is 28.1 Å². The lowest BCUT2D eigenvalue weighted by atomic mass is 9.95. The van der Waals surface area contributed by atoms with Gasteiger partial charge < -0.3 is 14.8 Å². The van der Waals surface area contributed by atoms with E-state index in [2.05, 4.69) is 10.3 Å².